The Bertz CT molecular complexity index is 238. The van der Waals surface area contributed by atoms with Crippen molar-refractivity contribution < 1.29 is 9.53 Å². The van der Waals surface area contributed by atoms with Gasteiger partial charge in [-0.05, 0) is 32.2 Å². The van der Waals surface area contributed by atoms with Crippen molar-refractivity contribution in [1.82, 2.24) is 10.2 Å². The molecule has 4 nitrogen and oxygen atoms in total. The summed E-state index contributed by atoms with van der Waals surface area (Å²) in [7, 11) is 0. The van der Waals surface area contributed by atoms with Gasteiger partial charge in [-0.15, -0.1) is 0 Å². The minimum absolute atomic E-state index is 0.228. The van der Waals surface area contributed by atoms with Crippen molar-refractivity contribution in [3.63, 3.8) is 0 Å². The number of hydrogen-bond acceptors (Lipinski definition) is 3. The molecule has 0 aliphatic carbocycles. The lowest BCUT2D eigenvalue weighted by atomic mass is 10.1. The molecule has 1 aliphatic rings. The molecule has 1 unspecified atom stereocenters. The van der Waals surface area contributed by atoms with Crippen molar-refractivity contribution >= 4 is 5.91 Å². The second-order valence-corrected chi connectivity index (χ2v) is 5.43. The van der Waals surface area contributed by atoms with Crippen LogP contribution in [0.1, 0.15) is 40.0 Å². The van der Waals surface area contributed by atoms with Crippen LogP contribution in [0.5, 0.6) is 0 Å². The molecule has 0 radical (unpaired) electrons. The fraction of sp³-hybridized carbons (Fsp3) is 0.929. The number of rotatable bonds is 8. The zero-order valence-electron chi connectivity index (χ0n) is 12.1. The maximum absolute atomic E-state index is 12.2. The fourth-order valence-electron chi connectivity index (χ4n) is 2.36. The van der Waals surface area contributed by atoms with Crippen molar-refractivity contribution in [2.45, 2.75) is 46.1 Å². The molecule has 1 aliphatic heterocycles. The molecule has 1 heterocycles. The van der Waals surface area contributed by atoms with Gasteiger partial charge in [-0.1, -0.05) is 13.8 Å². The minimum Gasteiger partial charge on any atom is -0.381 e. The van der Waals surface area contributed by atoms with Gasteiger partial charge in [-0.3, -0.25) is 4.79 Å². The predicted octanol–water partition coefficient (Wildman–Crippen LogP) is 1.65. The van der Waals surface area contributed by atoms with E-state index < -0.39 is 0 Å². The van der Waals surface area contributed by atoms with E-state index in [2.05, 4.69) is 19.2 Å². The van der Waals surface area contributed by atoms with E-state index in [1.54, 1.807) is 0 Å². The summed E-state index contributed by atoms with van der Waals surface area (Å²) < 4.78 is 5.27. The maximum atomic E-state index is 12.2. The Morgan fingerprint density at radius 2 is 2.28 bits per heavy atom. The summed E-state index contributed by atoms with van der Waals surface area (Å²) in [6.07, 6.45) is 2.92. The molecule has 0 aromatic heterocycles. The molecule has 1 N–H and O–H groups in total. The first-order chi connectivity index (χ1) is 8.63. The van der Waals surface area contributed by atoms with Crippen LogP contribution in [0.25, 0.3) is 0 Å². The molecule has 106 valence electrons. The van der Waals surface area contributed by atoms with Crippen LogP contribution in [-0.2, 0) is 9.53 Å². The number of amides is 1. The first-order valence-electron chi connectivity index (χ1n) is 7.22. The average Bonchev–Trinajstić information content (AvgIpc) is 2.80. The van der Waals surface area contributed by atoms with E-state index in [0.717, 1.165) is 19.6 Å². The van der Waals surface area contributed by atoms with Crippen LogP contribution in [0, 0.1) is 5.92 Å². The number of hydrogen-bond donors (Lipinski definition) is 1. The summed E-state index contributed by atoms with van der Waals surface area (Å²) in [5.41, 5.74) is 0. The van der Waals surface area contributed by atoms with E-state index >= 15 is 0 Å². The van der Waals surface area contributed by atoms with Crippen LogP contribution >= 0.6 is 0 Å². The molecule has 1 rings (SSSR count). The lowest BCUT2D eigenvalue weighted by Gasteiger charge is -2.27. The summed E-state index contributed by atoms with van der Waals surface area (Å²) in [6.45, 7) is 10.3. The Kier molecular flexibility index (Phi) is 7.28. The van der Waals surface area contributed by atoms with E-state index in [4.69, 9.17) is 4.74 Å². The van der Waals surface area contributed by atoms with Crippen molar-refractivity contribution in [3.8, 4) is 0 Å². The van der Waals surface area contributed by atoms with Gasteiger partial charge in [0, 0.05) is 25.7 Å². The molecule has 1 atom stereocenters. The molecular formula is C14H28N2O2. The Labute approximate surface area is 111 Å². The minimum atomic E-state index is 0.228. The van der Waals surface area contributed by atoms with Gasteiger partial charge in [0.2, 0.25) is 5.91 Å². The zero-order chi connectivity index (χ0) is 13.4. The van der Waals surface area contributed by atoms with Crippen LogP contribution in [0.2, 0.25) is 0 Å². The molecule has 4 heteroatoms. The smallest absolute Gasteiger partial charge is 0.224 e. The lowest BCUT2D eigenvalue weighted by molar-refractivity contribution is -0.133. The Balaban J connectivity index is 2.39. The molecule has 1 amide bonds. The van der Waals surface area contributed by atoms with Crippen LogP contribution in [0.3, 0.4) is 0 Å². The average molecular weight is 256 g/mol. The number of carbonyl (C=O) groups excluding carboxylic acids is 1. The van der Waals surface area contributed by atoms with Gasteiger partial charge < -0.3 is 15.0 Å². The summed E-state index contributed by atoms with van der Waals surface area (Å²) >= 11 is 0. The largest absolute Gasteiger partial charge is 0.381 e. The third kappa shape index (κ3) is 5.83. The first-order valence-corrected chi connectivity index (χ1v) is 7.22. The molecule has 1 saturated heterocycles. The quantitative estimate of drug-likeness (QED) is 0.671. The van der Waals surface area contributed by atoms with E-state index in [1.807, 2.05) is 11.8 Å². The third-order valence-corrected chi connectivity index (χ3v) is 3.21. The normalized spacial score (nSPS) is 19.4. The second-order valence-electron chi connectivity index (χ2n) is 5.43. The van der Waals surface area contributed by atoms with Gasteiger partial charge in [0.05, 0.1) is 13.0 Å². The molecular weight excluding hydrogens is 228 g/mol. The molecule has 18 heavy (non-hydrogen) atoms. The topological polar surface area (TPSA) is 41.6 Å². The standard InChI is InChI=1S/C14H28N2O2/c1-4-18-9-7-14(17)16(10-12(2)3)11-13-6-5-8-15-13/h12-13,15H,4-11H2,1-3H3. The molecule has 0 bridgehead atoms. The van der Waals surface area contributed by atoms with Crippen molar-refractivity contribution in [1.29, 1.82) is 0 Å². The van der Waals surface area contributed by atoms with Crippen LogP contribution < -0.4 is 5.32 Å². The number of nitrogens with one attached hydrogen (secondary N) is 1. The van der Waals surface area contributed by atoms with Gasteiger partial charge >= 0.3 is 0 Å². The van der Waals surface area contributed by atoms with Gasteiger partial charge in [-0.2, -0.15) is 0 Å². The monoisotopic (exact) mass is 256 g/mol. The zero-order valence-corrected chi connectivity index (χ0v) is 12.1. The highest BCUT2D eigenvalue weighted by molar-refractivity contribution is 5.76. The molecule has 0 aromatic rings. The van der Waals surface area contributed by atoms with E-state index in [9.17, 15) is 4.79 Å². The van der Waals surface area contributed by atoms with E-state index in [-0.39, 0.29) is 5.91 Å². The van der Waals surface area contributed by atoms with Crippen LogP contribution in [0.4, 0.5) is 0 Å². The van der Waals surface area contributed by atoms with Crippen molar-refractivity contribution in [3.05, 3.63) is 0 Å². The Morgan fingerprint density at radius 3 is 2.83 bits per heavy atom. The van der Waals surface area contributed by atoms with E-state index in [0.29, 0.717) is 31.6 Å². The number of carbonyl (C=O) groups is 1. The van der Waals surface area contributed by atoms with Crippen molar-refractivity contribution in [2.24, 2.45) is 5.92 Å². The fourth-order valence-corrected chi connectivity index (χ4v) is 2.36. The second kappa shape index (κ2) is 8.48. The molecule has 0 aromatic carbocycles. The highest BCUT2D eigenvalue weighted by Gasteiger charge is 2.21. The van der Waals surface area contributed by atoms with Gasteiger partial charge in [-0.25, -0.2) is 0 Å². The van der Waals surface area contributed by atoms with Gasteiger partial charge in [0.15, 0.2) is 0 Å². The maximum Gasteiger partial charge on any atom is 0.224 e. The van der Waals surface area contributed by atoms with Gasteiger partial charge in [0.25, 0.3) is 0 Å². The highest BCUT2D eigenvalue weighted by atomic mass is 16.5. The summed E-state index contributed by atoms with van der Waals surface area (Å²) in [6, 6.07) is 0.486. The third-order valence-electron chi connectivity index (χ3n) is 3.21. The lowest BCUT2D eigenvalue weighted by Crippen LogP contribution is -2.43. The Hall–Kier alpha value is -0.610. The SMILES string of the molecule is CCOCCC(=O)N(CC(C)C)CC1CCCN1. The number of nitrogens with zero attached hydrogens (tertiary/aromatic N) is 1. The summed E-state index contributed by atoms with van der Waals surface area (Å²) in [5.74, 6) is 0.744. The molecule has 0 spiro atoms. The Morgan fingerprint density at radius 1 is 1.50 bits per heavy atom. The first kappa shape index (κ1) is 15.4. The highest BCUT2D eigenvalue weighted by Crippen LogP contribution is 2.10. The van der Waals surface area contributed by atoms with Crippen LogP contribution in [-0.4, -0.2) is 49.7 Å². The molecule has 1 fully saturated rings. The summed E-state index contributed by atoms with van der Waals surface area (Å²) in [4.78, 5) is 14.2. The van der Waals surface area contributed by atoms with Crippen LogP contribution in [0.15, 0.2) is 0 Å². The number of ether oxygens (including phenoxy) is 1. The van der Waals surface area contributed by atoms with Gasteiger partial charge in [0.1, 0.15) is 0 Å². The van der Waals surface area contributed by atoms with Crippen molar-refractivity contribution in [2.75, 3.05) is 32.8 Å². The van der Waals surface area contributed by atoms with E-state index in [1.165, 1.54) is 12.8 Å². The summed E-state index contributed by atoms with van der Waals surface area (Å²) in [5, 5.41) is 3.46. The molecule has 0 saturated carbocycles. The predicted molar refractivity (Wildman–Crippen MR) is 73.6 cm³/mol.